The largest absolute Gasteiger partial charge is 0.490 e. The summed E-state index contributed by atoms with van der Waals surface area (Å²) in [5.74, 6) is 1.81. The Morgan fingerprint density at radius 3 is 2.76 bits per heavy atom. The number of rotatable bonds is 2. The Morgan fingerprint density at radius 2 is 2.14 bits per heavy atom. The minimum Gasteiger partial charge on any atom is -0.490 e. The molecule has 1 fully saturated rings. The molecule has 1 aliphatic heterocycles. The molecule has 1 atom stereocenters. The van der Waals surface area contributed by atoms with Crippen LogP contribution < -0.4 is 4.74 Å². The molecule has 3 rings (SSSR count). The van der Waals surface area contributed by atoms with Gasteiger partial charge in [-0.25, -0.2) is 4.79 Å². The highest BCUT2D eigenvalue weighted by atomic mass is 32.1. The van der Waals surface area contributed by atoms with Gasteiger partial charge in [0.25, 0.3) is 0 Å². The Labute approximate surface area is 130 Å². The standard InChI is InChI=1S/C16H23NO3S/c1-16(2,3)20-15(18)17(4)11-7-13-14(19-8-11)12(9-21-13)10-5-6-10/h9-11H,5-8H2,1-4H3. The van der Waals surface area contributed by atoms with Gasteiger partial charge in [0.2, 0.25) is 0 Å². The smallest absolute Gasteiger partial charge is 0.410 e. The van der Waals surface area contributed by atoms with E-state index in [0.29, 0.717) is 12.5 Å². The van der Waals surface area contributed by atoms with E-state index in [2.05, 4.69) is 5.38 Å². The van der Waals surface area contributed by atoms with Crippen molar-refractivity contribution >= 4 is 17.4 Å². The number of carbonyl (C=O) groups excluding carboxylic acids is 1. The van der Waals surface area contributed by atoms with Crippen molar-refractivity contribution in [3.8, 4) is 5.75 Å². The van der Waals surface area contributed by atoms with Crippen LogP contribution in [-0.2, 0) is 11.2 Å². The monoisotopic (exact) mass is 309 g/mol. The van der Waals surface area contributed by atoms with E-state index in [9.17, 15) is 4.79 Å². The van der Waals surface area contributed by atoms with Crippen LogP contribution in [0.3, 0.4) is 0 Å². The lowest BCUT2D eigenvalue weighted by atomic mass is 10.1. The zero-order valence-electron chi connectivity index (χ0n) is 13.1. The van der Waals surface area contributed by atoms with E-state index in [1.54, 1.807) is 23.3 Å². The number of amides is 1. The van der Waals surface area contributed by atoms with E-state index in [1.165, 1.54) is 23.3 Å². The summed E-state index contributed by atoms with van der Waals surface area (Å²) in [7, 11) is 1.79. The summed E-state index contributed by atoms with van der Waals surface area (Å²) in [5, 5.41) is 2.23. The first-order chi connectivity index (χ1) is 9.85. The van der Waals surface area contributed by atoms with Gasteiger partial charge in [0.1, 0.15) is 18.0 Å². The third-order valence-corrected chi connectivity index (χ3v) is 4.94. The highest BCUT2D eigenvalue weighted by Crippen LogP contribution is 2.49. The number of carbonyl (C=O) groups is 1. The van der Waals surface area contributed by atoms with E-state index in [0.717, 1.165) is 12.2 Å². The van der Waals surface area contributed by atoms with Gasteiger partial charge in [-0.3, -0.25) is 0 Å². The quantitative estimate of drug-likeness (QED) is 0.834. The second-order valence-corrected chi connectivity index (χ2v) is 7.94. The van der Waals surface area contributed by atoms with Gasteiger partial charge < -0.3 is 14.4 Å². The first kappa shape index (κ1) is 14.7. The molecular formula is C16H23NO3S. The molecule has 4 nitrogen and oxygen atoms in total. The second kappa shape index (κ2) is 5.20. The molecule has 0 saturated heterocycles. The molecule has 1 aliphatic carbocycles. The normalized spacial score (nSPS) is 21.4. The Hall–Kier alpha value is -1.23. The highest BCUT2D eigenvalue weighted by Gasteiger charge is 2.35. The molecule has 2 heterocycles. The number of ether oxygens (including phenoxy) is 2. The van der Waals surface area contributed by atoms with Crippen LogP contribution in [0.2, 0.25) is 0 Å². The van der Waals surface area contributed by atoms with Crippen LogP contribution in [0.15, 0.2) is 5.38 Å². The van der Waals surface area contributed by atoms with Gasteiger partial charge in [-0.1, -0.05) is 0 Å². The average Bonchev–Trinajstić information content (AvgIpc) is 3.15. The zero-order chi connectivity index (χ0) is 15.2. The summed E-state index contributed by atoms with van der Waals surface area (Å²) in [4.78, 5) is 15.1. The fraction of sp³-hybridized carbons (Fsp3) is 0.688. The lowest BCUT2D eigenvalue weighted by molar-refractivity contribution is 0.0161. The molecule has 1 unspecified atom stereocenters. The number of hydrogen-bond donors (Lipinski definition) is 0. The van der Waals surface area contributed by atoms with Gasteiger partial charge in [0.05, 0.1) is 6.04 Å². The van der Waals surface area contributed by atoms with E-state index in [-0.39, 0.29) is 12.1 Å². The molecule has 1 aromatic rings. The summed E-state index contributed by atoms with van der Waals surface area (Å²) >= 11 is 1.76. The molecule has 2 aliphatic rings. The van der Waals surface area contributed by atoms with Gasteiger partial charge in [-0.05, 0) is 44.9 Å². The summed E-state index contributed by atoms with van der Waals surface area (Å²) in [6.07, 6.45) is 3.16. The highest BCUT2D eigenvalue weighted by molar-refractivity contribution is 7.10. The Morgan fingerprint density at radius 1 is 1.43 bits per heavy atom. The first-order valence-electron chi connectivity index (χ1n) is 7.54. The summed E-state index contributed by atoms with van der Waals surface area (Å²) in [6.45, 7) is 6.21. The van der Waals surface area contributed by atoms with Gasteiger partial charge >= 0.3 is 6.09 Å². The molecule has 21 heavy (non-hydrogen) atoms. The Kier molecular flexibility index (Phi) is 3.64. The maximum atomic E-state index is 12.1. The van der Waals surface area contributed by atoms with Crippen molar-refractivity contribution in [2.75, 3.05) is 13.7 Å². The van der Waals surface area contributed by atoms with E-state index in [1.807, 2.05) is 20.8 Å². The van der Waals surface area contributed by atoms with Gasteiger partial charge in [-0.15, -0.1) is 11.3 Å². The molecule has 1 saturated carbocycles. The van der Waals surface area contributed by atoms with Crippen molar-refractivity contribution in [1.29, 1.82) is 0 Å². The summed E-state index contributed by atoms with van der Waals surface area (Å²) in [6, 6.07) is 0.0538. The third-order valence-electron chi connectivity index (χ3n) is 3.93. The molecule has 5 heteroatoms. The molecule has 116 valence electrons. The number of nitrogens with zero attached hydrogens (tertiary/aromatic N) is 1. The van der Waals surface area contributed by atoms with E-state index < -0.39 is 5.60 Å². The van der Waals surface area contributed by atoms with Gasteiger partial charge in [0, 0.05) is 23.9 Å². The van der Waals surface area contributed by atoms with Crippen LogP contribution >= 0.6 is 11.3 Å². The SMILES string of the molecule is CN(C(=O)OC(C)(C)C)C1COc2c(C3CC3)csc2C1. The predicted octanol–water partition coefficient (Wildman–Crippen LogP) is 3.80. The van der Waals surface area contributed by atoms with Crippen LogP contribution in [0, 0.1) is 0 Å². The number of thiophene rings is 1. The van der Waals surface area contributed by atoms with Crippen LogP contribution in [0.4, 0.5) is 4.79 Å². The topological polar surface area (TPSA) is 38.8 Å². The molecule has 1 amide bonds. The van der Waals surface area contributed by atoms with Gasteiger partial charge in [-0.2, -0.15) is 0 Å². The third kappa shape index (κ3) is 3.18. The molecule has 1 aromatic heterocycles. The second-order valence-electron chi connectivity index (χ2n) is 6.98. The number of fused-ring (bicyclic) bond motifs is 1. The molecule has 0 radical (unpaired) electrons. The average molecular weight is 309 g/mol. The lowest BCUT2D eigenvalue weighted by Crippen LogP contribution is -2.46. The fourth-order valence-electron chi connectivity index (χ4n) is 2.57. The van der Waals surface area contributed by atoms with E-state index in [4.69, 9.17) is 9.47 Å². The maximum Gasteiger partial charge on any atom is 0.410 e. The number of hydrogen-bond acceptors (Lipinski definition) is 4. The first-order valence-corrected chi connectivity index (χ1v) is 8.42. The van der Waals surface area contributed by atoms with E-state index >= 15 is 0 Å². The number of likely N-dealkylation sites (N-methyl/N-ethyl adjacent to an activating group) is 1. The Bertz CT molecular complexity index is 542. The van der Waals surface area contributed by atoms with Crippen LogP contribution in [0.1, 0.15) is 50.0 Å². The van der Waals surface area contributed by atoms with Crippen molar-refractivity contribution < 1.29 is 14.3 Å². The molecule has 0 N–H and O–H groups in total. The van der Waals surface area contributed by atoms with Crippen molar-refractivity contribution in [3.05, 3.63) is 15.8 Å². The molecule has 0 aromatic carbocycles. The predicted molar refractivity (Wildman–Crippen MR) is 83.3 cm³/mol. The fourth-order valence-corrected chi connectivity index (χ4v) is 3.71. The Balaban J connectivity index is 1.67. The van der Waals surface area contributed by atoms with Crippen LogP contribution in [-0.4, -0.2) is 36.3 Å². The van der Waals surface area contributed by atoms with Crippen LogP contribution in [0.25, 0.3) is 0 Å². The van der Waals surface area contributed by atoms with Crippen molar-refractivity contribution in [3.63, 3.8) is 0 Å². The zero-order valence-corrected chi connectivity index (χ0v) is 14.0. The van der Waals surface area contributed by atoms with Crippen molar-refractivity contribution in [2.45, 2.75) is 57.6 Å². The summed E-state index contributed by atoms with van der Waals surface area (Å²) < 4.78 is 11.4. The minimum absolute atomic E-state index is 0.0538. The van der Waals surface area contributed by atoms with Crippen molar-refractivity contribution in [2.24, 2.45) is 0 Å². The van der Waals surface area contributed by atoms with Crippen molar-refractivity contribution in [1.82, 2.24) is 4.90 Å². The summed E-state index contributed by atoms with van der Waals surface area (Å²) in [5.41, 5.74) is 0.919. The lowest BCUT2D eigenvalue weighted by Gasteiger charge is -2.33. The maximum absolute atomic E-state index is 12.1. The minimum atomic E-state index is -0.464. The van der Waals surface area contributed by atoms with Crippen LogP contribution in [0.5, 0.6) is 5.75 Å². The molecular weight excluding hydrogens is 286 g/mol. The van der Waals surface area contributed by atoms with Gasteiger partial charge in [0.15, 0.2) is 0 Å². The molecule has 0 bridgehead atoms. The molecule has 0 spiro atoms.